The second-order valence-electron chi connectivity index (χ2n) is 2.42. The van der Waals surface area contributed by atoms with Crippen LogP contribution in [0.5, 0.6) is 0 Å². The van der Waals surface area contributed by atoms with Crippen LogP contribution in [-0.2, 0) is 4.18 Å². The number of carbonyl (C=O) groups excluding carboxylic acids is 1. The molecule has 1 aromatic carbocycles. The third-order valence-corrected chi connectivity index (χ3v) is 1.82. The predicted molar refractivity (Wildman–Crippen MR) is 54.3 cm³/mol. The summed E-state index contributed by atoms with van der Waals surface area (Å²) in [5.41, 5.74) is 0.305. The van der Waals surface area contributed by atoms with Gasteiger partial charge in [0.05, 0.1) is 23.2 Å². The van der Waals surface area contributed by atoms with Gasteiger partial charge in [-0.05, 0) is 18.2 Å². The molecule has 5 nitrogen and oxygen atoms in total. The van der Waals surface area contributed by atoms with Crippen molar-refractivity contribution in [1.82, 2.24) is 0 Å². The minimum Gasteiger partial charge on any atom is -0.870 e. The average molecular weight is 252 g/mol. The topological polar surface area (TPSA) is 93.6 Å². The van der Waals surface area contributed by atoms with Gasteiger partial charge in [-0.3, -0.25) is 0 Å². The van der Waals surface area contributed by atoms with Crippen LogP contribution in [0, 0.1) is 0 Å². The van der Waals surface area contributed by atoms with E-state index in [1.165, 1.54) is 24.3 Å². The van der Waals surface area contributed by atoms with Crippen LogP contribution in [0.3, 0.4) is 0 Å². The Bertz CT molecular complexity index is 369. The number of hydrogen-bond donors (Lipinski definition) is 1. The standard InChI is InChI=1S/C9H8O4S.Na.H2O/c1-14-13-9(12)7-4-2-3-6(5-7)8(10)11;;/h2-5H,1H3,(H,10,11);;1H2/q;+1;/p-1. The van der Waals surface area contributed by atoms with Gasteiger partial charge in [-0.15, -0.1) is 0 Å². The summed E-state index contributed by atoms with van der Waals surface area (Å²) in [6, 6.07) is 5.70. The van der Waals surface area contributed by atoms with E-state index < -0.39 is 11.9 Å². The SMILES string of the molecule is CSOC(=O)c1cccc(C(=O)O)c1.[Na+].[OH-]. The number of rotatable bonds is 3. The van der Waals surface area contributed by atoms with Crippen molar-refractivity contribution in [3.8, 4) is 0 Å². The third kappa shape index (κ3) is 5.00. The summed E-state index contributed by atoms with van der Waals surface area (Å²) in [4.78, 5) is 21.8. The number of benzene rings is 1. The van der Waals surface area contributed by atoms with Crippen molar-refractivity contribution in [3.05, 3.63) is 35.4 Å². The first-order valence-corrected chi connectivity index (χ1v) is 4.88. The second-order valence-corrected chi connectivity index (χ2v) is 2.92. The van der Waals surface area contributed by atoms with E-state index >= 15 is 0 Å². The zero-order chi connectivity index (χ0) is 10.6. The molecule has 0 atom stereocenters. The molecule has 7 heteroatoms. The molecular weight excluding hydrogens is 243 g/mol. The van der Waals surface area contributed by atoms with E-state index in [4.69, 9.17) is 5.11 Å². The molecule has 0 aliphatic heterocycles. The van der Waals surface area contributed by atoms with Crippen molar-refractivity contribution in [1.29, 1.82) is 0 Å². The largest absolute Gasteiger partial charge is 1.00 e. The Hall–Kier alpha value is -0.530. The molecule has 0 bridgehead atoms. The molecule has 0 radical (unpaired) electrons. The maximum absolute atomic E-state index is 11.2. The Morgan fingerprint density at radius 2 is 1.88 bits per heavy atom. The molecule has 0 amide bonds. The minimum atomic E-state index is -1.07. The molecular formula is C9H9NaO5S. The van der Waals surface area contributed by atoms with Gasteiger partial charge < -0.3 is 14.8 Å². The summed E-state index contributed by atoms with van der Waals surface area (Å²) in [7, 11) is 0. The third-order valence-electron chi connectivity index (χ3n) is 1.50. The molecule has 1 aromatic rings. The van der Waals surface area contributed by atoms with E-state index in [0.717, 1.165) is 12.0 Å². The monoisotopic (exact) mass is 252 g/mol. The van der Waals surface area contributed by atoms with Gasteiger partial charge in [0.25, 0.3) is 0 Å². The first-order chi connectivity index (χ1) is 6.65. The van der Waals surface area contributed by atoms with Crippen LogP contribution in [0.4, 0.5) is 0 Å². The van der Waals surface area contributed by atoms with Gasteiger partial charge in [0.2, 0.25) is 0 Å². The maximum atomic E-state index is 11.2. The quantitative estimate of drug-likeness (QED) is 0.528. The Morgan fingerprint density at radius 1 is 1.31 bits per heavy atom. The van der Waals surface area contributed by atoms with E-state index in [1.807, 2.05) is 0 Å². The first kappa shape index (κ1) is 17.9. The van der Waals surface area contributed by atoms with Crippen LogP contribution in [-0.4, -0.2) is 28.8 Å². The van der Waals surface area contributed by atoms with E-state index in [-0.39, 0.29) is 46.2 Å². The van der Waals surface area contributed by atoms with E-state index in [0.29, 0.717) is 0 Å². The Labute approximate surface area is 119 Å². The molecule has 2 N–H and O–H groups in total. The Morgan fingerprint density at radius 3 is 2.38 bits per heavy atom. The number of carboxylic acids is 1. The molecule has 82 valence electrons. The van der Waals surface area contributed by atoms with Crippen LogP contribution in [0.15, 0.2) is 24.3 Å². The second kappa shape index (κ2) is 8.60. The van der Waals surface area contributed by atoms with Crippen molar-refractivity contribution in [2.75, 3.05) is 6.26 Å². The summed E-state index contributed by atoms with van der Waals surface area (Å²) >= 11 is 0.922. The summed E-state index contributed by atoms with van der Waals surface area (Å²) in [5, 5.41) is 8.66. The van der Waals surface area contributed by atoms with Crippen LogP contribution in [0.25, 0.3) is 0 Å². The van der Waals surface area contributed by atoms with E-state index in [2.05, 4.69) is 4.18 Å². The van der Waals surface area contributed by atoms with Crippen LogP contribution in [0.2, 0.25) is 0 Å². The van der Waals surface area contributed by atoms with Gasteiger partial charge in [0.15, 0.2) is 0 Å². The van der Waals surface area contributed by atoms with Crippen LogP contribution >= 0.6 is 12.0 Å². The van der Waals surface area contributed by atoms with Gasteiger partial charge in [0.1, 0.15) is 0 Å². The number of carbonyl (C=O) groups is 2. The fraction of sp³-hybridized carbons (Fsp3) is 0.111. The zero-order valence-electron chi connectivity index (χ0n) is 8.84. The van der Waals surface area contributed by atoms with Gasteiger partial charge in [0, 0.05) is 6.26 Å². The molecule has 0 saturated heterocycles. The van der Waals surface area contributed by atoms with E-state index in [1.54, 1.807) is 6.26 Å². The molecule has 0 heterocycles. The summed E-state index contributed by atoms with van der Waals surface area (Å²) in [6.45, 7) is 0. The molecule has 0 aliphatic carbocycles. The Balaban J connectivity index is 0. The molecule has 0 aliphatic rings. The van der Waals surface area contributed by atoms with Crippen molar-refractivity contribution in [2.45, 2.75) is 0 Å². The molecule has 0 aromatic heterocycles. The molecule has 0 spiro atoms. The molecule has 0 unspecified atom stereocenters. The maximum Gasteiger partial charge on any atom is 1.00 e. The Kier molecular flexibility index (Phi) is 9.60. The summed E-state index contributed by atoms with van der Waals surface area (Å²) in [5.74, 6) is -1.61. The van der Waals surface area contributed by atoms with E-state index in [9.17, 15) is 9.59 Å². The van der Waals surface area contributed by atoms with Gasteiger partial charge >= 0.3 is 41.5 Å². The average Bonchev–Trinajstić information content (AvgIpc) is 2.18. The zero-order valence-corrected chi connectivity index (χ0v) is 11.7. The molecule has 0 fully saturated rings. The van der Waals surface area contributed by atoms with Crippen molar-refractivity contribution < 1.29 is 53.9 Å². The predicted octanol–water partition coefficient (Wildman–Crippen LogP) is -1.35. The molecule has 0 saturated carbocycles. The summed E-state index contributed by atoms with van der Waals surface area (Å²) < 4.78 is 4.65. The fourth-order valence-electron chi connectivity index (χ4n) is 0.903. The normalized spacial score (nSPS) is 8.31. The number of carboxylic acid groups (broad SMARTS) is 1. The van der Waals surface area contributed by atoms with Gasteiger partial charge in [-0.2, -0.15) is 0 Å². The van der Waals surface area contributed by atoms with Crippen molar-refractivity contribution in [2.24, 2.45) is 0 Å². The van der Waals surface area contributed by atoms with Crippen LogP contribution in [0.1, 0.15) is 20.7 Å². The first-order valence-electron chi connectivity index (χ1n) is 3.73. The van der Waals surface area contributed by atoms with Gasteiger partial charge in [-0.25, -0.2) is 9.59 Å². The summed E-state index contributed by atoms with van der Waals surface area (Å²) in [6.07, 6.45) is 1.61. The number of aromatic carboxylic acids is 1. The van der Waals surface area contributed by atoms with Crippen LogP contribution < -0.4 is 29.6 Å². The minimum absolute atomic E-state index is 0. The van der Waals surface area contributed by atoms with Gasteiger partial charge in [-0.1, -0.05) is 6.07 Å². The van der Waals surface area contributed by atoms with Crippen molar-refractivity contribution >= 4 is 24.0 Å². The molecule has 16 heavy (non-hydrogen) atoms. The smallest absolute Gasteiger partial charge is 0.870 e. The molecule has 1 rings (SSSR count). The van der Waals surface area contributed by atoms with Crippen molar-refractivity contribution in [3.63, 3.8) is 0 Å². The number of hydrogen-bond acceptors (Lipinski definition) is 5. The fourth-order valence-corrected chi connectivity index (χ4v) is 1.15.